The van der Waals surface area contributed by atoms with E-state index in [2.05, 4.69) is 20.8 Å². The van der Waals surface area contributed by atoms with Gasteiger partial charge in [0.15, 0.2) is 0 Å². The van der Waals surface area contributed by atoms with E-state index in [4.69, 9.17) is 16.2 Å². The molecule has 13 heavy (non-hydrogen) atoms. The largest absolute Gasteiger partial charge is 0.373 e. The maximum absolute atomic E-state index is 5.79. The highest BCUT2D eigenvalue weighted by Gasteiger charge is 2.29. The first kappa shape index (κ1) is 12.9. The quantitative estimate of drug-likeness (QED) is 0.656. The molecule has 0 aromatic rings. The van der Waals surface area contributed by atoms with Crippen molar-refractivity contribution in [3.8, 4) is 0 Å². The molecule has 4 N–H and O–H groups in total. The Balaban J connectivity index is 4.11. The first-order valence-electron chi connectivity index (χ1n) is 5.05. The summed E-state index contributed by atoms with van der Waals surface area (Å²) >= 11 is 0. The number of nitrogens with two attached hydrogens (primary N) is 2. The average molecular weight is 188 g/mol. The van der Waals surface area contributed by atoms with Gasteiger partial charge in [-0.1, -0.05) is 13.8 Å². The lowest BCUT2D eigenvalue weighted by Gasteiger charge is -2.35. The molecule has 0 radical (unpaired) electrons. The highest BCUT2D eigenvalue weighted by atomic mass is 16.5. The third kappa shape index (κ3) is 4.07. The molecule has 3 nitrogen and oxygen atoms in total. The third-order valence-corrected chi connectivity index (χ3v) is 2.77. The van der Waals surface area contributed by atoms with E-state index in [1.807, 2.05) is 6.92 Å². The van der Waals surface area contributed by atoms with Crippen LogP contribution in [0, 0.1) is 5.92 Å². The van der Waals surface area contributed by atoms with Gasteiger partial charge in [0.1, 0.15) is 0 Å². The molecule has 0 heterocycles. The average Bonchev–Trinajstić information content (AvgIpc) is 2.12. The lowest BCUT2D eigenvalue weighted by atomic mass is 9.88. The summed E-state index contributed by atoms with van der Waals surface area (Å²) < 4.78 is 5.79. The Hall–Kier alpha value is -0.120. The van der Waals surface area contributed by atoms with Gasteiger partial charge in [-0.05, 0) is 32.7 Å². The standard InChI is InChI=1S/C10H24N2O/c1-5-10(4,8(2)6-11)13-7-9(3)12/h8-9H,5-7,11-12H2,1-4H3. The first-order valence-corrected chi connectivity index (χ1v) is 5.05. The Morgan fingerprint density at radius 3 is 2.23 bits per heavy atom. The lowest BCUT2D eigenvalue weighted by molar-refractivity contribution is -0.0728. The Bertz CT molecular complexity index is 139. The minimum Gasteiger partial charge on any atom is -0.373 e. The van der Waals surface area contributed by atoms with Gasteiger partial charge in [0.05, 0.1) is 12.2 Å². The minimum absolute atomic E-state index is 0.0934. The van der Waals surface area contributed by atoms with Gasteiger partial charge in [-0.2, -0.15) is 0 Å². The monoisotopic (exact) mass is 188 g/mol. The molecule has 0 aromatic carbocycles. The van der Waals surface area contributed by atoms with Gasteiger partial charge >= 0.3 is 0 Å². The number of hydrogen-bond acceptors (Lipinski definition) is 3. The van der Waals surface area contributed by atoms with Crippen LogP contribution in [-0.2, 0) is 4.74 Å². The van der Waals surface area contributed by atoms with E-state index in [1.54, 1.807) is 0 Å². The molecule has 0 rings (SSSR count). The third-order valence-electron chi connectivity index (χ3n) is 2.77. The molecule has 0 aliphatic rings. The van der Waals surface area contributed by atoms with Crippen LogP contribution in [0.5, 0.6) is 0 Å². The van der Waals surface area contributed by atoms with Crippen LogP contribution in [-0.4, -0.2) is 24.8 Å². The molecule has 3 atom stereocenters. The highest BCUT2D eigenvalue weighted by molar-refractivity contribution is 4.81. The van der Waals surface area contributed by atoms with Crippen LogP contribution in [0.15, 0.2) is 0 Å². The van der Waals surface area contributed by atoms with Gasteiger partial charge in [-0.25, -0.2) is 0 Å². The molecule has 0 fully saturated rings. The number of ether oxygens (including phenoxy) is 1. The van der Waals surface area contributed by atoms with E-state index in [-0.39, 0.29) is 11.6 Å². The van der Waals surface area contributed by atoms with Gasteiger partial charge in [-0.15, -0.1) is 0 Å². The fraction of sp³-hybridized carbons (Fsp3) is 1.00. The molecule has 3 heteroatoms. The van der Waals surface area contributed by atoms with Crippen molar-refractivity contribution in [2.45, 2.75) is 45.8 Å². The van der Waals surface area contributed by atoms with Gasteiger partial charge in [0.2, 0.25) is 0 Å². The molecule has 3 unspecified atom stereocenters. The number of rotatable bonds is 6. The summed E-state index contributed by atoms with van der Waals surface area (Å²) in [7, 11) is 0. The van der Waals surface area contributed by atoms with Crippen molar-refractivity contribution in [1.82, 2.24) is 0 Å². The van der Waals surface area contributed by atoms with Gasteiger partial charge in [0, 0.05) is 6.04 Å². The molecular formula is C10H24N2O. The molecule has 80 valence electrons. The van der Waals surface area contributed by atoms with Crippen LogP contribution >= 0.6 is 0 Å². The fourth-order valence-corrected chi connectivity index (χ4v) is 1.16. The summed E-state index contributed by atoms with van der Waals surface area (Å²) in [4.78, 5) is 0. The molecule has 0 amide bonds. The van der Waals surface area contributed by atoms with E-state index in [0.29, 0.717) is 19.1 Å². The SMILES string of the molecule is CCC(C)(OCC(C)N)C(C)CN. The molecular weight excluding hydrogens is 164 g/mol. The molecule has 0 saturated carbocycles. The van der Waals surface area contributed by atoms with Gasteiger partial charge in [0.25, 0.3) is 0 Å². The molecule has 0 bridgehead atoms. The van der Waals surface area contributed by atoms with Crippen molar-refractivity contribution < 1.29 is 4.74 Å². The topological polar surface area (TPSA) is 61.3 Å². The smallest absolute Gasteiger partial charge is 0.0690 e. The molecule has 0 aliphatic heterocycles. The van der Waals surface area contributed by atoms with E-state index in [0.717, 1.165) is 6.42 Å². The Morgan fingerprint density at radius 2 is 1.92 bits per heavy atom. The molecule has 0 spiro atoms. The van der Waals surface area contributed by atoms with Gasteiger partial charge < -0.3 is 16.2 Å². The fourth-order valence-electron chi connectivity index (χ4n) is 1.16. The predicted octanol–water partition coefficient (Wildman–Crippen LogP) is 1.11. The maximum atomic E-state index is 5.79. The van der Waals surface area contributed by atoms with Crippen LogP contribution in [0.25, 0.3) is 0 Å². The van der Waals surface area contributed by atoms with Gasteiger partial charge in [-0.3, -0.25) is 0 Å². The normalized spacial score (nSPS) is 20.8. The second kappa shape index (κ2) is 5.58. The second-order valence-corrected chi connectivity index (χ2v) is 4.09. The Labute approximate surface area is 81.8 Å². The van der Waals surface area contributed by atoms with E-state index in [1.165, 1.54) is 0 Å². The second-order valence-electron chi connectivity index (χ2n) is 4.09. The molecule has 0 saturated heterocycles. The van der Waals surface area contributed by atoms with Crippen LogP contribution < -0.4 is 11.5 Å². The zero-order valence-electron chi connectivity index (χ0n) is 9.34. The van der Waals surface area contributed by atoms with Crippen molar-refractivity contribution in [1.29, 1.82) is 0 Å². The van der Waals surface area contributed by atoms with Crippen LogP contribution in [0.4, 0.5) is 0 Å². The molecule has 0 aromatic heterocycles. The minimum atomic E-state index is -0.123. The number of hydrogen-bond donors (Lipinski definition) is 2. The highest BCUT2D eigenvalue weighted by Crippen LogP contribution is 2.24. The summed E-state index contributed by atoms with van der Waals surface area (Å²) in [5, 5.41) is 0. The Kier molecular flexibility index (Phi) is 5.53. The van der Waals surface area contributed by atoms with Crippen LogP contribution in [0.2, 0.25) is 0 Å². The van der Waals surface area contributed by atoms with E-state index in [9.17, 15) is 0 Å². The van der Waals surface area contributed by atoms with Crippen LogP contribution in [0.1, 0.15) is 34.1 Å². The predicted molar refractivity (Wildman–Crippen MR) is 56.5 cm³/mol. The summed E-state index contributed by atoms with van der Waals surface area (Å²) in [6, 6.07) is 0.0934. The van der Waals surface area contributed by atoms with E-state index < -0.39 is 0 Å². The van der Waals surface area contributed by atoms with E-state index >= 15 is 0 Å². The van der Waals surface area contributed by atoms with Crippen molar-refractivity contribution >= 4 is 0 Å². The molecule has 0 aliphatic carbocycles. The van der Waals surface area contributed by atoms with Crippen molar-refractivity contribution in [2.75, 3.05) is 13.2 Å². The summed E-state index contributed by atoms with van der Waals surface area (Å²) in [5.41, 5.74) is 11.1. The zero-order valence-corrected chi connectivity index (χ0v) is 9.34. The Morgan fingerprint density at radius 1 is 1.38 bits per heavy atom. The summed E-state index contributed by atoms with van der Waals surface area (Å²) in [6.07, 6.45) is 0.970. The van der Waals surface area contributed by atoms with Crippen molar-refractivity contribution in [2.24, 2.45) is 17.4 Å². The first-order chi connectivity index (χ1) is 5.96. The van der Waals surface area contributed by atoms with Crippen molar-refractivity contribution in [3.05, 3.63) is 0 Å². The van der Waals surface area contributed by atoms with Crippen LogP contribution in [0.3, 0.4) is 0 Å². The summed E-state index contributed by atoms with van der Waals surface area (Å²) in [5.74, 6) is 0.372. The summed E-state index contributed by atoms with van der Waals surface area (Å²) in [6.45, 7) is 9.55. The van der Waals surface area contributed by atoms with Crippen molar-refractivity contribution in [3.63, 3.8) is 0 Å². The zero-order chi connectivity index (χ0) is 10.5. The maximum Gasteiger partial charge on any atom is 0.0690 e. The lowest BCUT2D eigenvalue weighted by Crippen LogP contribution is -2.42.